The number of ether oxygens (including phenoxy) is 1. The molecule has 1 saturated heterocycles. The minimum Gasteiger partial charge on any atom is -0.412 e. The molecule has 0 aromatic carbocycles. The largest absolute Gasteiger partial charge is 0.412 e. The van der Waals surface area contributed by atoms with Crippen LogP contribution < -0.4 is 0 Å². The van der Waals surface area contributed by atoms with Gasteiger partial charge in [-0.3, -0.25) is 0 Å². The number of hydrogen-bond acceptors (Lipinski definition) is 5. The van der Waals surface area contributed by atoms with Crippen LogP contribution in [-0.2, 0) is 22.4 Å². The molecule has 0 bridgehead atoms. The van der Waals surface area contributed by atoms with Crippen molar-refractivity contribution in [2.24, 2.45) is 0 Å². The second-order valence-electron chi connectivity index (χ2n) is 11.2. The minimum absolute atomic E-state index is 0.102. The van der Waals surface area contributed by atoms with E-state index in [1.54, 1.807) is 0 Å². The van der Waals surface area contributed by atoms with Gasteiger partial charge in [-0.05, 0) is 78.6 Å². The lowest BCUT2D eigenvalue weighted by Crippen LogP contribution is -2.59. The zero-order valence-corrected chi connectivity index (χ0v) is 23.1. The zero-order chi connectivity index (χ0) is 20.6. The highest BCUT2D eigenvalue weighted by Gasteiger charge is 2.56. The predicted octanol–water partition coefficient (Wildman–Crippen LogP) is 4.86. The Kier molecular flexibility index (Phi) is 7.78. The standard InChI is InChI=1S/C17H42O5Si4/c1-23(2,3)19-14-17(22-26(10,11)12)16(21-25(7,8)9)15(13-18-17)20-24(4,5)6/h15-16H,13-14H2,1-12H3/t15-,16-,17-/m1/s1. The van der Waals surface area contributed by atoms with E-state index in [2.05, 4.69) is 78.6 Å². The van der Waals surface area contributed by atoms with Crippen molar-refractivity contribution in [3.05, 3.63) is 0 Å². The van der Waals surface area contributed by atoms with E-state index in [1.165, 1.54) is 0 Å². The molecule has 3 atom stereocenters. The summed E-state index contributed by atoms with van der Waals surface area (Å²) in [6.07, 6.45) is -0.348. The average Bonchev–Trinajstić information content (AvgIpc) is 2.60. The van der Waals surface area contributed by atoms with Crippen molar-refractivity contribution in [2.75, 3.05) is 13.2 Å². The third kappa shape index (κ3) is 8.78. The van der Waals surface area contributed by atoms with E-state index in [-0.39, 0.29) is 12.2 Å². The Hall–Kier alpha value is 0.668. The fourth-order valence-corrected chi connectivity index (χ4v) is 6.95. The van der Waals surface area contributed by atoms with Crippen LogP contribution in [0.3, 0.4) is 0 Å². The molecule has 0 aromatic heterocycles. The molecule has 1 fully saturated rings. The Morgan fingerprint density at radius 3 is 1.62 bits per heavy atom. The van der Waals surface area contributed by atoms with Crippen LogP contribution in [0.4, 0.5) is 0 Å². The van der Waals surface area contributed by atoms with Gasteiger partial charge in [0, 0.05) is 0 Å². The van der Waals surface area contributed by atoms with Crippen molar-refractivity contribution in [1.82, 2.24) is 0 Å². The van der Waals surface area contributed by atoms with E-state index in [4.69, 9.17) is 22.4 Å². The van der Waals surface area contributed by atoms with Gasteiger partial charge in [0.15, 0.2) is 33.3 Å². The normalized spacial score (nSPS) is 28.6. The fraction of sp³-hybridized carbons (Fsp3) is 1.00. The summed E-state index contributed by atoms with van der Waals surface area (Å²) in [7, 11) is -7.19. The topological polar surface area (TPSA) is 46.2 Å². The molecule has 1 aliphatic heterocycles. The first-order chi connectivity index (χ1) is 11.3. The molecule has 0 radical (unpaired) electrons. The first-order valence-electron chi connectivity index (χ1n) is 9.66. The van der Waals surface area contributed by atoms with E-state index in [9.17, 15) is 0 Å². The summed E-state index contributed by atoms with van der Waals surface area (Å²) < 4.78 is 32.3. The Balaban J connectivity index is 3.23. The molecule has 1 heterocycles. The summed E-state index contributed by atoms with van der Waals surface area (Å²) in [5.41, 5.74) is 0. The summed E-state index contributed by atoms with van der Waals surface area (Å²) in [6.45, 7) is 27.3. The summed E-state index contributed by atoms with van der Waals surface area (Å²) >= 11 is 0. The van der Waals surface area contributed by atoms with E-state index in [1.807, 2.05) is 0 Å². The van der Waals surface area contributed by atoms with Crippen LogP contribution in [-0.4, -0.2) is 64.5 Å². The van der Waals surface area contributed by atoms with Crippen molar-refractivity contribution in [1.29, 1.82) is 0 Å². The smallest absolute Gasteiger partial charge is 0.209 e. The van der Waals surface area contributed by atoms with Gasteiger partial charge in [-0.2, -0.15) is 0 Å². The molecular formula is C17H42O5Si4. The molecular weight excluding hydrogens is 397 g/mol. The summed E-state index contributed by atoms with van der Waals surface area (Å²) in [5, 5.41) is 0. The van der Waals surface area contributed by atoms with E-state index >= 15 is 0 Å². The molecule has 26 heavy (non-hydrogen) atoms. The van der Waals surface area contributed by atoms with Gasteiger partial charge in [0.25, 0.3) is 0 Å². The SMILES string of the molecule is C[Si](C)(C)OC[C@]1(O[Si](C)(C)C)OC[C@@H](O[Si](C)(C)C)[C@H]1O[Si](C)(C)C. The molecule has 0 aliphatic carbocycles. The summed E-state index contributed by atoms with van der Waals surface area (Å²) in [6, 6.07) is 0. The maximum absolute atomic E-state index is 6.63. The molecule has 156 valence electrons. The number of rotatable bonds is 9. The molecule has 0 spiro atoms. The second kappa shape index (κ2) is 8.19. The van der Waals surface area contributed by atoms with Gasteiger partial charge in [-0.25, -0.2) is 0 Å². The van der Waals surface area contributed by atoms with Crippen LogP contribution in [0, 0.1) is 0 Å². The van der Waals surface area contributed by atoms with E-state index in [0.717, 1.165) is 0 Å². The molecule has 0 saturated carbocycles. The molecule has 1 aliphatic rings. The van der Waals surface area contributed by atoms with Gasteiger partial charge in [0.05, 0.1) is 19.3 Å². The third-order valence-electron chi connectivity index (χ3n) is 3.43. The average molecular weight is 439 g/mol. The summed E-state index contributed by atoms with van der Waals surface area (Å²) in [4.78, 5) is 0. The highest BCUT2D eigenvalue weighted by Crippen LogP contribution is 2.38. The third-order valence-corrected chi connectivity index (χ3v) is 7.37. The number of hydrogen-bond donors (Lipinski definition) is 0. The quantitative estimate of drug-likeness (QED) is 0.481. The van der Waals surface area contributed by atoms with Crippen LogP contribution in [0.2, 0.25) is 78.6 Å². The second-order valence-corrected chi connectivity index (χ2v) is 29.0. The Labute approximate surface area is 165 Å². The van der Waals surface area contributed by atoms with Crippen LogP contribution in [0.15, 0.2) is 0 Å². The lowest BCUT2D eigenvalue weighted by Gasteiger charge is -2.43. The van der Waals surface area contributed by atoms with Gasteiger partial charge in [-0.15, -0.1) is 0 Å². The van der Waals surface area contributed by atoms with Gasteiger partial charge in [-0.1, -0.05) is 0 Å². The highest BCUT2D eigenvalue weighted by molar-refractivity contribution is 6.71. The van der Waals surface area contributed by atoms with Crippen LogP contribution in [0.1, 0.15) is 0 Å². The van der Waals surface area contributed by atoms with Crippen LogP contribution in [0.25, 0.3) is 0 Å². The summed E-state index contributed by atoms with van der Waals surface area (Å²) in [5.74, 6) is -0.866. The van der Waals surface area contributed by atoms with Crippen LogP contribution >= 0.6 is 0 Å². The molecule has 9 heteroatoms. The lowest BCUT2D eigenvalue weighted by molar-refractivity contribution is -0.214. The van der Waals surface area contributed by atoms with Crippen molar-refractivity contribution < 1.29 is 22.4 Å². The Morgan fingerprint density at radius 1 is 0.731 bits per heavy atom. The Morgan fingerprint density at radius 2 is 1.23 bits per heavy atom. The van der Waals surface area contributed by atoms with E-state index < -0.39 is 39.1 Å². The first kappa shape index (κ1) is 24.7. The monoisotopic (exact) mass is 438 g/mol. The lowest BCUT2D eigenvalue weighted by atomic mass is 10.1. The zero-order valence-electron chi connectivity index (χ0n) is 19.1. The van der Waals surface area contributed by atoms with Gasteiger partial charge < -0.3 is 22.4 Å². The maximum Gasteiger partial charge on any atom is 0.209 e. The molecule has 1 rings (SSSR count). The molecule has 0 amide bonds. The minimum atomic E-state index is -1.89. The first-order valence-corrected chi connectivity index (χ1v) is 23.3. The molecule has 0 aromatic rings. The van der Waals surface area contributed by atoms with Crippen LogP contribution in [0.5, 0.6) is 0 Å². The van der Waals surface area contributed by atoms with E-state index in [0.29, 0.717) is 13.2 Å². The van der Waals surface area contributed by atoms with Gasteiger partial charge in [0.2, 0.25) is 5.79 Å². The highest BCUT2D eigenvalue weighted by atomic mass is 28.4. The maximum atomic E-state index is 6.63. The fourth-order valence-electron chi connectivity index (χ4n) is 2.85. The molecule has 0 N–H and O–H groups in total. The predicted molar refractivity (Wildman–Crippen MR) is 119 cm³/mol. The van der Waals surface area contributed by atoms with Crippen molar-refractivity contribution in [3.8, 4) is 0 Å². The molecule has 0 unspecified atom stereocenters. The van der Waals surface area contributed by atoms with Crippen molar-refractivity contribution in [2.45, 2.75) is 96.6 Å². The van der Waals surface area contributed by atoms with Crippen molar-refractivity contribution in [3.63, 3.8) is 0 Å². The van der Waals surface area contributed by atoms with Gasteiger partial charge >= 0.3 is 0 Å². The Bertz CT molecular complexity index is 462. The van der Waals surface area contributed by atoms with Crippen molar-refractivity contribution >= 4 is 33.3 Å². The molecule has 5 nitrogen and oxygen atoms in total. The van der Waals surface area contributed by atoms with Gasteiger partial charge in [0.1, 0.15) is 6.10 Å².